The summed E-state index contributed by atoms with van der Waals surface area (Å²) in [5.41, 5.74) is 6.51. The van der Waals surface area contributed by atoms with Gasteiger partial charge in [-0.25, -0.2) is 0 Å². The van der Waals surface area contributed by atoms with Gasteiger partial charge in [-0.05, 0) is 39.2 Å². The van der Waals surface area contributed by atoms with Crippen LogP contribution in [0.4, 0.5) is 0 Å². The number of benzene rings is 2. The summed E-state index contributed by atoms with van der Waals surface area (Å²) in [6, 6.07) is 17.4. The molecule has 0 amide bonds. The minimum atomic E-state index is -1.73. The van der Waals surface area contributed by atoms with Gasteiger partial charge in [-0.3, -0.25) is 4.98 Å². The summed E-state index contributed by atoms with van der Waals surface area (Å²) >= 11 is 0. The first-order valence-corrected chi connectivity index (χ1v) is 11.3. The number of nitrogens with one attached hydrogen (secondary N) is 1. The van der Waals surface area contributed by atoms with Gasteiger partial charge in [0.1, 0.15) is 8.07 Å². The molecule has 116 valence electrons. The smallest absolute Gasteiger partial charge is 0.114 e. The van der Waals surface area contributed by atoms with Crippen molar-refractivity contribution in [2.75, 3.05) is 0 Å². The highest BCUT2D eigenvalue weighted by atomic mass is 28.3. The average molecular weight is 326 g/mol. The zero-order chi connectivity index (χ0) is 16.3. The van der Waals surface area contributed by atoms with Gasteiger partial charge in [0, 0.05) is 35.1 Å². The van der Waals surface area contributed by atoms with Crippen molar-refractivity contribution in [1.29, 1.82) is 0 Å². The Balaban J connectivity index is 1.91. The Bertz CT molecular complexity index is 1080. The van der Waals surface area contributed by atoms with E-state index in [9.17, 15) is 0 Å². The molecule has 0 unspecified atom stereocenters. The number of hydrogen-bond donors (Lipinski definition) is 1. The summed E-state index contributed by atoms with van der Waals surface area (Å²) in [5, 5.41) is 4.44. The third kappa shape index (κ3) is 1.68. The zero-order valence-electron chi connectivity index (χ0n) is 13.8. The normalized spacial score (nSPS) is 14.6. The molecule has 0 aliphatic carbocycles. The molecule has 2 aromatic heterocycles. The molecule has 0 spiro atoms. The van der Waals surface area contributed by atoms with E-state index in [0.717, 1.165) is 0 Å². The van der Waals surface area contributed by atoms with E-state index >= 15 is 0 Å². The van der Waals surface area contributed by atoms with Crippen LogP contribution < -0.4 is 10.4 Å². The maximum atomic E-state index is 4.38. The van der Waals surface area contributed by atoms with Gasteiger partial charge < -0.3 is 4.98 Å². The number of rotatable bonds is 1. The molecule has 2 nitrogen and oxygen atoms in total. The molecule has 3 heterocycles. The second-order valence-electron chi connectivity index (χ2n) is 7.03. The van der Waals surface area contributed by atoms with E-state index in [2.05, 4.69) is 77.8 Å². The van der Waals surface area contributed by atoms with Crippen molar-refractivity contribution >= 4 is 29.4 Å². The van der Waals surface area contributed by atoms with E-state index in [1.54, 1.807) is 5.19 Å². The molecule has 1 aliphatic heterocycles. The lowest BCUT2D eigenvalue weighted by Gasteiger charge is -2.20. The van der Waals surface area contributed by atoms with Crippen LogP contribution in [0.2, 0.25) is 13.1 Å². The van der Waals surface area contributed by atoms with Crippen LogP contribution in [0.15, 0.2) is 67.1 Å². The Hall–Kier alpha value is -2.65. The van der Waals surface area contributed by atoms with Crippen LogP contribution >= 0.6 is 0 Å². The first kappa shape index (κ1) is 13.8. The van der Waals surface area contributed by atoms with Crippen LogP contribution in [-0.2, 0) is 0 Å². The summed E-state index contributed by atoms with van der Waals surface area (Å²) in [6.45, 7) is 4.91. The zero-order valence-corrected chi connectivity index (χ0v) is 14.8. The SMILES string of the molecule is C[Si]1(C)c2ccncc2-c2ccc3[nH]cc(-c4ccccc4)c3c21. The third-order valence-electron chi connectivity index (χ3n) is 5.34. The van der Waals surface area contributed by atoms with E-state index in [1.807, 2.05) is 12.4 Å². The average Bonchev–Trinajstić information content (AvgIpc) is 3.14. The minimum absolute atomic E-state index is 1.23. The molecule has 1 N–H and O–H groups in total. The fourth-order valence-electron chi connectivity index (χ4n) is 4.23. The van der Waals surface area contributed by atoms with Crippen molar-refractivity contribution in [2.24, 2.45) is 0 Å². The monoisotopic (exact) mass is 326 g/mol. The van der Waals surface area contributed by atoms with Gasteiger partial charge in [0.15, 0.2) is 0 Å². The molecule has 24 heavy (non-hydrogen) atoms. The Labute approximate surface area is 142 Å². The molecular weight excluding hydrogens is 308 g/mol. The third-order valence-corrected chi connectivity index (χ3v) is 8.89. The highest BCUT2D eigenvalue weighted by molar-refractivity contribution is 7.05. The quantitative estimate of drug-likeness (QED) is 0.526. The Morgan fingerprint density at radius 2 is 1.71 bits per heavy atom. The summed E-state index contributed by atoms with van der Waals surface area (Å²) in [6.07, 6.45) is 6.13. The maximum Gasteiger partial charge on any atom is 0.114 e. The second-order valence-corrected chi connectivity index (χ2v) is 11.3. The number of aromatic nitrogens is 2. The van der Waals surface area contributed by atoms with Gasteiger partial charge in [0.2, 0.25) is 0 Å². The Morgan fingerprint density at radius 1 is 0.875 bits per heavy atom. The molecule has 0 fully saturated rings. The Morgan fingerprint density at radius 3 is 2.54 bits per heavy atom. The second kappa shape index (κ2) is 4.68. The molecule has 3 heteroatoms. The van der Waals surface area contributed by atoms with Crippen molar-refractivity contribution in [3.8, 4) is 22.3 Å². The fraction of sp³-hybridized carbons (Fsp3) is 0.0952. The number of fused-ring (bicyclic) bond motifs is 5. The lowest BCUT2D eigenvalue weighted by molar-refractivity contribution is 1.34. The summed E-state index contributed by atoms with van der Waals surface area (Å²) in [4.78, 5) is 7.87. The van der Waals surface area contributed by atoms with Gasteiger partial charge in [-0.15, -0.1) is 0 Å². The van der Waals surface area contributed by atoms with Gasteiger partial charge >= 0.3 is 0 Å². The van der Waals surface area contributed by atoms with E-state index in [0.29, 0.717) is 0 Å². The molecule has 0 saturated heterocycles. The van der Waals surface area contributed by atoms with E-state index in [4.69, 9.17) is 0 Å². The number of nitrogens with zero attached hydrogens (tertiary/aromatic N) is 1. The number of pyridine rings is 1. The Kier molecular flexibility index (Phi) is 2.68. The standard InChI is InChI=1S/C21H18N2Si/c1-24(2)19-10-11-22-12-17(19)15-8-9-18-20(21(15)24)16(13-23-18)14-6-4-3-5-7-14/h3-13,23H,1-2H3. The summed E-state index contributed by atoms with van der Waals surface area (Å²) < 4.78 is 0. The molecule has 0 atom stereocenters. The minimum Gasteiger partial charge on any atom is -0.361 e. The lowest BCUT2D eigenvalue weighted by Crippen LogP contribution is -2.49. The van der Waals surface area contributed by atoms with E-state index in [1.165, 1.54) is 38.3 Å². The molecule has 0 radical (unpaired) electrons. The van der Waals surface area contributed by atoms with Crippen LogP contribution in [0.25, 0.3) is 33.2 Å². The van der Waals surface area contributed by atoms with E-state index < -0.39 is 8.07 Å². The summed E-state index contributed by atoms with van der Waals surface area (Å²) in [7, 11) is -1.73. The fourth-order valence-corrected chi connectivity index (χ4v) is 7.65. The molecule has 2 aromatic carbocycles. The number of hydrogen-bond acceptors (Lipinski definition) is 1. The van der Waals surface area contributed by atoms with Crippen molar-refractivity contribution < 1.29 is 0 Å². The number of aromatic amines is 1. The molecule has 5 rings (SSSR count). The molecule has 4 aromatic rings. The predicted octanol–water partition coefficient (Wildman–Crippen LogP) is 4.03. The maximum absolute atomic E-state index is 4.38. The first-order chi connectivity index (χ1) is 11.7. The predicted molar refractivity (Wildman–Crippen MR) is 104 cm³/mol. The summed E-state index contributed by atoms with van der Waals surface area (Å²) in [5.74, 6) is 0. The van der Waals surface area contributed by atoms with Crippen LogP contribution in [0.5, 0.6) is 0 Å². The van der Waals surface area contributed by atoms with Gasteiger partial charge in [0.25, 0.3) is 0 Å². The first-order valence-electron chi connectivity index (χ1n) is 8.33. The van der Waals surface area contributed by atoms with Crippen LogP contribution in [0.3, 0.4) is 0 Å². The van der Waals surface area contributed by atoms with Gasteiger partial charge in [0.05, 0.1) is 0 Å². The van der Waals surface area contributed by atoms with Crippen LogP contribution in [0.1, 0.15) is 0 Å². The van der Waals surface area contributed by atoms with Crippen molar-refractivity contribution in [3.05, 3.63) is 67.1 Å². The van der Waals surface area contributed by atoms with Crippen LogP contribution in [-0.4, -0.2) is 18.0 Å². The van der Waals surface area contributed by atoms with Crippen molar-refractivity contribution in [2.45, 2.75) is 13.1 Å². The largest absolute Gasteiger partial charge is 0.361 e. The van der Waals surface area contributed by atoms with Gasteiger partial charge in [-0.1, -0.05) is 49.5 Å². The van der Waals surface area contributed by atoms with Crippen LogP contribution in [0, 0.1) is 0 Å². The lowest BCUT2D eigenvalue weighted by atomic mass is 10.0. The number of H-pyrrole nitrogens is 1. The van der Waals surface area contributed by atoms with E-state index in [-0.39, 0.29) is 0 Å². The van der Waals surface area contributed by atoms with Crippen molar-refractivity contribution in [3.63, 3.8) is 0 Å². The molecular formula is C21H18N2Si. The highest BCUT2D eigenvalue weighted by Gasteiger charge is 2.39. The van der Waals surface area contributed by atoms with Crippen molar-refractivity contribution in [1.82, 2.24) is 9.97 Å². The topological polar surface area (TPSA) is 28.7 Å². The molecule has 0 saturated carbocycles. The highest BCUT2D eigenvalue weighted by Crippen LogP contribution is 2.35. The van der Waals surface area contributed by atoms with Gasteiger partial charge in [-0.2, -0.15) is 0 Å². The molecule has 1 aliphatic rings. The molecule has 0 bridgehead atoms.